The number of nitro groups is 1. The number of nitrogens with one attached hydrogen (secondary N) is 1. The Balaban J connectivity index is 2.25. The highest BCUT2D eigenvalue weighted by molar-refractivity contribution is 5.95. The molecule has 0 saturated heterocycles. The van der Waals surface area contributed by atoms with Gasteiger partial charge in [-0.1, -0.05) is 12.1 Å². The Morgan fingerprint density at radius 2 is 2.05 bits per heavy atom. The normalized spacial score (nSPS) is 11.7. The van der Waals surface area contributed by atoms with Crippen molar-refractivity contribution in [2.24, 2.45) is 0 Å². The molecule has 0 aliphatic heterocycles. The van der Waals surface area contributed by atoms with Crippen LogP contribution in [0.3, 0.4) is 0 Å². The maximum Gasteiger partial charge on any atom is 0.292 e. The molecule has 8 heteroatoms. The molecular formula is C13H12N4O4. The highest BCUT2D eigenvalue weighted by atomic mass is 16.6. The van der Waals surface area contributed by atoms with Gasteiger partial charge in [-0.25, -0.2) is 4.68 Å². The average Bonchev–Trinajstić information content (AvgIpc) is 2.47. The second kappa shape index (κ2) is 5.95. The molecule has 0 fully saturated rings. The Labute approximate surface area is 119 Å². The number of benzene rings is 1. The quantitative estimate of drug-likeness (QED) is 0.675. The minimum atomic E-state index is -0.890. The number of anilines is 1. The topological polar surface area (TPSA) is 107 Å². The van der Waals surface area contributed by atoms with Crippen LogP contribution in [0, 0.1) is 10.1 Å². The second-order valence-electron chi connectivity index (χ2n) is 4.25. The molecule has 0 aliphatic carbocycles. The van der Waals surface area contributed by atoms with Crippen molar-refractivity contribution in [2.45, 2.75) is 13.0 Å². The third-order valence-electron chi connectivity index (χ3n) is 2.85. The molecule has 1 aromatic heterocycles. The number of carbonyl (C=O) groups excluding carboxylic acids is 1. The van der Waals surface area contributed by atoms with Crippen LogP contribution in [0.25, 0.3) is 0 Å². The van der Waals surface area contributed by atoms with Gasteiger partial charge in [0.25, 0.3) is 11.2 Å². The predicted molar refractivity (Wildman–Crippen MR) is 74.9 cm³/mol. The number of carbonyl (C=O) groups is 1. The summed E-state index contributed by atoms with van der Waals surface area (Å²) in [5.74, 6) is -0.565. The summed E-state index contributed by atoms with van der Waals surface area (Å²) < 4.78 is 1.00. The third kappa shape index (κ3) is 3.11. The van der Waals surface area contributed by atoms with E-state index in [1.807, 2.05) is 0 Å². The van der Waals surface area contributed by atoms with E-state index in [-0.39, 0.29) is 11.4 Å². The molecule has 1 amide bonds. The van der Waals surface area contributed by atoms with Crippen LogP contribution in [0.4, 0.5) is 11.4 Å². The molecule has 1 aromatic carbocycles. The van der Waals surface area contributed by atoms with Crippen molar-refractivity contribution in [3.63, 3.8) is 0 Å². The smallest absolute Gasteiger partial charge is 0.292 e. The first-order valence-corrected chi connectivity index (χ1v) is 6.09. The summed E-state index contributed by atoms with van der Waals surface area (Å²) in [4.78, 5) is 34.0. The van der Waals surface area contributed by atoms with Gasteiger partial charge in [0.2, 0.25) is 5.91 Å². The fraction of sp³-hybridized carbons (Fsp3) is 0.154. The largest absolute Gasteiger partial charge is 0.319 e. The van der Waals surface area contributed by atoms with Crippen molar-refractivity contribution in [1.82, 2.24) is 9.78 Å². The standard InChI is InChI=1S/C13H12N4O4/c1-9(16-12(18)7-4-8-14-16)13(19)15-10-5-2-3-6-11(10)17(20)21/h2-9H,1H3,(H,15,19). The molecule has 1 heterocycles. The first-order chi connectivity index (χ1) is 10.0. The molecular weight excluding hydrogens is 276 g/mol. The molecule has 1 N–H and O–H groups in total. The van der Waals surface area contributed by atoms with Gasteiger partial charge in [-0.3, -0.25) is 19.7 Å². The van der Waals surface area contributed by atoms with Crippen LogP contribution in [-0.4, -0.2) is 20.6 Å². The highest BCUT2D eigenvalue weighted by Crippen LogP contribution is 2.23. The Morgan fingerprint density at radius 3 is 2.71 bits per heavy atom. The zero-order valence-corrected chi connectivity index (χ0v) is 11.1. The molecule has 108 valence electrons. The Kier molecular flexibility index (Phi) is 4.07. The molecule has 21 heavy (non-hydrogen) atoms. The van der Waals surface area contributed by atoms with Crippen LogP contribution in [0.2, 0.25) is 0 Å². The second-order valence-corrected chi connectivity index (χ2v) is 4.25. The van der Waals surface area contributed by atoms with E-state index >= 15 is 0 Å². The molecule has 0 bridgehead atoms. The molecule has 2 aromatic rings. The lowest BCUT2D eigenvalue weighted by Crippen LogP contribution is -2.32. The lowest BCUT2D eigenvalue weighted by Gasteiger charge is -2.13. The maximum absolute atomic E-state index is 12.1. The van der Waals surface area contributed by atoms with Gasteiger partial charge in [0, 0.05) is 18.3 Å². The summed E-state index contributed by atoms with van der Waals surface area (Å²) in [6.07, 6.45) is 1.39. The lowest BCUT2D eigenvalue weighted by molar-refractivity contribution is -0.383. The molecule has 2 rings (SSSR count). The van der Waals surface area contributed by atoms with Gasteiger partial charge in [0.1, 0.15) is 11.7 Å². The Hall–Kier alpha value is -3.03. The first-order valence-electron chi connectivity index (χ1n) is 6.09. The van der Waals surface area contributed by atoms with Gasteiger partial charge in [0.05, 0.1) is 4.92 Å². The Bertz CT molecular complexity index is 741. The molecule has 0 radical (unpaired) electrons. The number of hydrogen-bond donors (Lipinski definition) is 1. The van der Waals surface area contributed by atoms with Gasteiger partial charge in [-0.15, -0.1) is 0 Å². The van der Waals surface area contributed by atoms with Crippen molar-refractivity contribution in [3.8, 4) is 0 Å². The molecule has 1 atom stereocenters. The zero-order chi connectivity index (χ0) is 15.4. The van der Waals surface area contributed by atoms with Crippen molar-refractivity contribution in [3.05, 3.63) is 63.1 Å². The summed E-state index contributed by atoms with van der Waals surface area (Å²) in [5, 5.41) is 17.1. The SMILES string of the molecule is CC(C(=O)Nc1ccccc1[N+](=O)[O-])n1ncccc1=O. The highest BCUT2D eigenvalue weighted by Gasteiger charge is 2.20. The summed E-state index contributed by atoms with van der Waals surface area (Å²) in [7, 11) is 0. The van der Waals surface area contributed by atoms with Crippen molar-refractivity contribution in [2.75, 3.05) is 5.32 Å². The van der Waals surface area contributed by atoms with E-state index in [0.29, 0.717) is 0 Å². The van der Waals surface area contributed by atoms with Crippen molar-refractivity contribution < 1.29 is 9.72 Å². The van der Waals surface area contributed by atoms with Crippen LogP contribution in [-0.2, 0) is 4.79 Å². The number of para-hydroxylation sites is 2. The first kappa shape index (κ1) is 14.4. The minimum Gasteiger partial charge on any atom is -0.319 e. The van der Waals surface area contributed by atoms with E-state index in [9.17, 15) is 19.7 Å². The summed E-state index contributed by atoms with van der Waals surface area (Å²) in [5.41, 5.74) is -0.572. The zero-order valence-electron chi connectivity index (χ0n) is 11.1. The molecule has 0 saturated carbocycles. The van der Waals surface area contributed by atoms with Crippen LogP contribution >= 0.6 is 0 Å². The maximum atomic E-state index is 12.1. The predicted octanol–water partition coefficient (Wildman–Crippen LogP) is 1.35. The van der Waals surface area contributed by atoms with Crippen molar-refractivity contribution >= 4 is 17.3 Å². The summed E-state index contributed by atoms with van der Waals surface area (Å²) in [6.45, 7) is 1.48. The van der Waals surface area contributed by atoms with Crippen LogP contribution in [0.15, 0.2) is 47.4 Å². The molecule has 0 aliphatic rings. The van der Waals surface area contributed by atoms with Crippen LogP contribution in [0.5, 0.6) is 0 Å². The molecule has 0 spiro atoms. The minimum absolute atomic E-state index is 0.0725. The number of nitrogens with zero attached hydrogens (tertiary/aromatic N) is 3. The van der Waals surface area contributed by atoms with Crippen LogP contribution in [0.1, 0.15) is 13.0 Å². The molecule has 8 nitrogen and oxygen atoms in total. The number of aromatic nitrogens is 2. The lowest BCUT2D eigenvalue weighted by atomic mass is 10.2. The van der Waals surface area contributed by atoms with Gasteiger partial charge in [0.15, 0.2) is 0 Å². The van der Waals surface area contributed by atoms with E-state index in [2.05, 4.69) is 10.4 Å². The van der Waals surface area contributed by atoms with E-state index in [0.717, 1.165) is 4.68 Å². The van der Waals surface area contributed by atoms with Crippen LogP contribution < -0.4 is 10.9 Å². The Morgan fingerprint density at radius 1 is 1.33 bits per heavy atom. The van der Waals surface area contributed by atoms with E-state index in [1.165, 1.54) is 43.5 Å². The summed E-state index contributed by atoms with van der Waals surface area (Å²) in [6, 6.07) is 7.63. The van der Waals surface area contributed by atoms with E-state index < -0.39 is 22.4 Å². The number of rotatable bonds is 4. The van der Waals surface area contributed by atoms with E-state index in [4.69, 9.17) is 0 Å². The van der Waals surface area contributed by atoms with Crippen molar-refractivity contribution in [1.29, 1.82) is 0 Å². The monoisotopic (exact) mass is 288 g/mol. The fourth-order valence-corrected chi connectivity index (χ4v) is 1.75. The fourth-order valence-electron chi connectivity index (χ4n) is 1.75. The molecule has 1 unspecified atom stereocenters. The van der Waals surface area contributed by atoms with E-state index in [1.54, 1.807) is 6.07 Å². The number of amides is 1. The van der Waals surface area contributed by atoms with Gasteiger partial charge in [-0.2, -0.15) is 5.10 Å². The summed E-state index contributed by atoms with van der Waals surface area (Å²) >= 11 is 0. The van der Waals surface area contributed by atoms with Gasteiger partial charge >= 0.3 is 0 Å². The number of nitro benzene ring substituents is 1. The van der Waals surface area contributed by atoms with Gasteiger partial charge < -0.3 is 5.32 Å². The number of hydrogen-bond acceptors (Lipinski definition) is 5. The van der Waals surface area contributed by atoms with Gasteiger partial charge in [-0.05, 0) is 19.1 Å². The average molecular weight is 288 g/mol. The third-order valence-corrected chi connectivity index (χ3v) is 2.85.